The molecule has 0 saturated heterocycles. The van der Waals surface area contributed by atoms with Gasteiger partial charge in [-0.1, -0.05) is 24.3 Å². The van der Waals surface area contributed by atoms with Crippen LogP contribution in [0.5, 0.6) is 0 Å². The lowest BCUT2D eigenvalue weighted by molar-refractivity contribution is -0.133. The zero-order valence-corrected chi connectivity index (χ0v) is 16.0. The van der Waals surface area contributed by atoms with Gasteiger partial charge in [0.25, 0.3) is 11.8 Å². The summed E-state index contributed by atoms with van der Waals surface area (Å²) in [6, 6.07) is 11.9. The molecular weight excluding hydrogens is 386 g/mol. The number of benzene rings is 2. The van der Waals surface area contributed by atoms with E-state index in [2.05, 4.69) is 10.0 Å². The van der Waals surface area contributed by atoms with Gasteiger partial charge in [0, 0.05) is 11.3 Å². The molecule has 0 aliphatic carbocycles. The van der Waals surface area contributed by atoms with Crippen molar-refractivity contribution in [2.45, 2.75) is 19.1 Å². The standard InChI is InChI=1S/C18H21N3O6S/c1-11(22)16(18(24)20-25)19-17(23)14-5-3-12(4-6-14)13-7-9-15(10-8-13)21-28(2,26)27/h3-11,16,21-22,25H,1-2H3,(H,19,23)(H,20,24)/t11-,16+/m1/s1. The molecule has 0 spiro atoms. The molecule has 5 N–H and O–H groups in total. The SMILES string of the molecule is C[C@@H](O)[C@H](NC(=O)c1ccc(-c2ccc(NS(C)(=O)=O)cc2)cc1)C(=O)NO. The van der Waals surface area contributed by atoms with E-state index in [0.29, 0.717) is 5.69 Å². The molecule has 2 rings (SSSR count). The van der Waals surface area contributed by atoms with Crippen LogP contribution >= 0.6 is 0 Å². The number of hydrogen-bond donors (Lipinski definition) is 5. The molecule has 0 saturated carbocycles. The average molecular weight is 407 g/mol. The number of aliphatic hydroxyl groups is 1. The molecule has 0 fully saturated rings. The predicted molar refractivity (Wildman–Crippen MR) is 103 cm³/mol. The predicted octanol–water partition coefficient (Wildman–Crippen LogP) is 0.710. The lowest BCUT2D eigenvalue weighted by Crippen LogP contribution is -2.51. The number of carbonyl (C=O) groups is 2. The zero-order valence-electron chi connectivity index (χ0n) is 15.2. The van der Waals surface area contributed by atoms with Crippen molar-refractivity contribution < 1.29 is 28.3 Å². The third-order valence-electron chi connectivity index (χ3n) is 3.83. The van der Waals surface area contributed by atoms with Gasteiger partial charge in [0.1, 0.15) is 6.04 Å². The monoisotopic (exact) mass is 407 g/mol. The van der Waals surface area contributed by atoms with Crippen LogP contribution in [-0.4, -0.2) is 48.9 Å². The minimum atomic E-state index is -3.35. The molecule has 2 aromatic rings. The van der Waals surface area contributed by atoms with Gasteiger partial charge < -0.3 is 10.4 Å². The molecule has 0 radical (unpaired) electrons. The van der Waals surface area contributed by atoms with Crippen molar-refractivity contribution in [3.8, 4) is 11.1 Å². The lowest BCUT2D eigenvalue weighted by atomic mass is 10.0. The molecule has 150 valence electrons. The van der Waals surface area contributed by atoms with Gasteiger partial charge in [-0.25, -0.2) is 13.9 Å². The van der Waals surface area contributed by atoms with Crippen molar-refractivity contribution in [1.82, 2.24) is 10.8 Å². The first-order valence-corrected chi connectivity index (χ1v) is 10.1. The van der Waals surface area contributed by atoms with Crippen molar-refractivity contribution in [2.24, 2.45) is 0 Å². The van der Waals surface area contributed by atoms with Crippen LogP contribution in [0.4, 0.5) is 5.69 Å². The number of hydrogen-bond acceptors (Lipinski definition) is 6. The zero-order chi connectivity index (χ0) is 20.9. The smallest absolute Gasteiger partial charge is 0.268 e. The summed E-state index contributed by atoms with van der Waals surface area (Å²) in [5.41, 5.74) is 3.70. The summed E-state index contributed by atoms with van der Waals surface area (Å²) in [6.07, 6.45) is -0.133. The molecule has 0 heterocycles. The van der Waals surface area contributed by atoms with E-state index in [0.717, 1.165) is 17.4 Å². The number of rotatable bonds is 7. The number of nitrogens with one attached hydrogen (secondary N) is 3. The third-order valence-corrected chi connectivity index (χ3v) is 4.44. The van der Waals surface area contributed by atoms with E-state index in [1.54, 1.807) is 48.5 Å². The summed E-state index contributed by atoms with van der Waals surface area (Å²) >= 11 is 0. The van der Waals surface area contributed by atoms with Crippen LogP contribution < -0.4 is 15.5 Å². The fraction of sp³-hybridized carbons (Fsp3) is 0.222. The Morgan fingerprint density at radius 1 is 0.964 bits per heavy atom. The van der Waals surface area contributed by atoms with Crippen LogP contribution in [0, 0.1) is 0 Å². The summed E-state index contributed by atoms with van der Waals surface area (Å²) < 4.78 is 24.8. The van der Waals surface area contributed by atoms with E-state index in [4.69, 9.17) is 5.21 Å². The molecule has 0 aromatic heterocycles. The highest BCUT2D eigenvalue weighted by Gasteiger charge is 2.25. The number of anilines is 1. The number of aliphatic hydroxyl groups excluding tert-OH is 1. The average Bonchev–Trinajstić information content (AvgIpc) is 2.64. The van der Waals surface area contributed by atoms with Crippen LogP contribution in [0.2, 0.25) is 0 Å². The van der Waals surface area contributed by atoms with Gasteiger partial charge in [-0.05, 0) is 42.3 Å². The van der Waals surface area contributed by atoms with Gasteiger partial charge in [0.05, 0.1) is 12.4 Å². The number of amides is 2. The van der Waals surface area contributed by atoms with Gasteiger partial charge in [-0.2, -0.15) is 0 Å². The molecule has 0 aliphatic heterocycles. The second kappa shape index (κ2) is 8.83. The highest BCUT2D eigenvalue weighted by atomic mass is 32.2. The van der Waals surface area contributed by atoms with E-state index >= 15 is 0 Å². The van der Waals surface area contributed by atoms with Gasteiger partial charge in [0.2, 0.25) is 10.0 Å². The Morgan fingerprint density at radius 3 is 1.89 bits per heavy atom. The van der Waals surface area contributed by atoms with Crippen molar-refractivity contribution in [3.63, 3.8) is 0 Å². The molecule has 2 aromatic carbocycles. The van der Waals surface area contributed by atoms with Crippen molar-refractivity contribution in [1.29, 1.82) is 0 Å². The summed E-state index contributed by atoms with van der Waals surface area (Å²) in [5, 5.41) is 20.6. The molecule has 2 atom stereocenters. The Kier molecular flexibility index (Phi) is 6.73. The Balaban J connectivity index is 2.12. The van der Waals surface area contributed by atoms with Crippen LogP contribution in [0.15, 0.2) is 48.5 Å². The first-order valence-electron chi connectivity index (χ1n) is 8.22. The lowest BCUT2D eigenvalue weighted by Gasteiger charge is -2.19. The van der Waals surface area contributed by atoms with Crippen LogP contribution in [0.3, 0.4) is 0 Å². The largest absolute Gasteiger partial charge is 0.391 e. The van der Waals surface area contributed by atoms with Gasteiger partial charge in [-0.3, -0.25) is 19.5 Å². The van der Waals surface area contributed by atoms with E-state index < -0.39 is 34.0 Å². The summed E-state index contributed by atoms with van der Waals surface area (Å²) in [4.78, 5) is 23.8. The summed E-state index contributed by atoms with van der Waals surface area (Å²) in [6.45, 7) is 1.31. The van der Waals surface area contributed by atoms with E-state index in [1.165, 1.54) is 12.4 Å². The number of carbonyl (C=O) groups excluding carboxylic acids is 2. The van der Waals surface area contributed by atoms with Crippen molar-refractivity contribution in [2.75, 3.05) is 11.0 Å². The van der Waals surface area contributed by atoms with Crippen LogP contribution in [0.25, 0.3) is 11.1 Å². The molecular formula is C18H21N3O6S. The van der Waals surface area contributed by atoms with E-state index in [9.17, 15) is 23.1 Å². The van der Waals surface area contributed by atoms with Gasteiger partial charge >= 0.3 is 0 Å². The highest BCUT2D eigenvalue weighted by molar-refractivity contribution is 7.92. The fourth-order valence-electron chi connectivity index (χ4n) is 2.46. The Morgan fingerprint density at radius 2 is 1.46 bits per heavy atom. The van der Waals surface area contributed by atoms with E-state index in [1.807, 2.05) is 0 Å². The molecule has 0 unspecified atom stereocenters. The quantitative estimate of drug-likeness (QED) is 0.338. The third kappa shape index (κ3) is 5.78. The molecule has 2 amide bonds. The molecule has 10 heteroatoms. The second-order valence-electron chi connectivity index (χ2n) is 6.20. The van der Waals surface area contributed by atoms with Crippen LogP contribution in [0.1, 0.15) is 17.3 Å². The topological polar surface area (TPSA) is 145 Å². The fourth-order valence-corrected chi connectivity index (χ4v) is 3.02. The molecule has 0 aliphatic rings. The van der Waals surface area contributed by atoms with Crippen molar-refractivity contribution >= 4 is 27.5 Å². The Hall–Kier alpha value is -2.95. The molecule has 9 nitrogen and oxygen atoms in total. The van der Waals surface area contributed by atoms with Gasteiger partial charge in [-0.15, -0.1) is 0 Å². The second-order valence-corrected chi connectivity index (χ2v) is 7.95. The number of hydroxylamine groups is 1. The minimum Gasteiger partial charge on any atom is -0.391 e. The molecule has 0 bridgehead atoms. The molecule has 28 heavy (non-hydrogen) atoms. The maximum atomic E-state index is 12.3. The van der Waals surface area contributed by atoms with Crippen LogP contribution in [-0.2, 0) is 14.8 Å². The first kappa shape index (κ1) is 21.4. The van der Waals surface area contributed by atoms with Crippen molar-refractivity contribution in [3.05, 3.63) is 54.1 Å². The summed E-state index contributed by atoms with van der Waals surface area (Å²) in [5.74, 6) is -1.52. The highest BCUT2D eigenvalue weighted by Crippen LogP contribution is 2.22. The maximum absolute atomic E-state index is 12.3. The maximum Gasteiger partial charge on any atom is 0.268 e. The first-order chi connectivity index (χ1) is 13.1. The van der Waals surface area contributed by atoms with E-state index in [-0.39, 0.29) is 5.56 Å². The minimum absolute atomic E-state index is 0.260. The Bertz CT molecular complexity index is 940. The summed E-state index contributed by atoms with van der Waals surface area (Å²) in [7, 11) is -3.35. The van der Waals surface area contributed by atoms with Gasteiger partial charge in [0.15, 0.2) is 0 Å². The number of sulfonamides is 1. The Labute approximate surface area is 162 Å². The normalized spacial score (nSPS) is 13.3.